The molecule has 0 atom stereocenters. The van der Waals surface area contributed by atoms with Crippen LogP contribution in [0.25, 0.3) is 17.4 Å². The monoisotopic (exact) mass is 463 g/mol. The highest BCUT2D eigenvalue weighted by atomic mass is 16.5. The SMILES string of the molecule is CCCCCCCCCCCCCCCCOC(=O)C(C#N)=Cc1ccc(-c2ccccc2)o1. The van der Waals surface area contributed by atoms with Crippen LogP contribution < -0.4 is 0 Å². The van der Waals surface area contributed by atoms with Gasteiger partial charge in [0, 0.05) is 11.6 Å². The number of unbranched alkanes of at least 4 members (excludes halogenated alkanes) is 13. The van der Waals surface area contributed by atoms with Crippen LogP contribution in [0.5, 0.6) is 0 Å². The molecule has 0 aliphatic carbocycles. The van der Waals surface area contributed by atoms with Gasteiger partial charge in [0.05, 0.1) is 6.61 Å². The largest absolute Gasteiger partial charge is 0.462 e. The summed E-state index contributed by atoms with van der Waals surface area (Å²) in [7, 11) is 0. The molecule has 0 fully saturated rings. The Morgan fingerprint density at radius 3 is 1.94 bits per heavy atom. The zero-order chi connectivity index (χ0) is 24.3. The molecule has 2 rings (SSSR count). The maximum absolute atomic E-state index is 12.2. The molecule has 0 aliphatic heterocycles. The average Bonchev–Trinajstić information content (AvgIpc) is 3.34. The summed E-state index contributed by atoms with van der Waals surface area (Å²) < 4.78 is 11.0. The molecule has 1 heterocycles. The number of esters is 1. The van der Waals surface area contributed by atoms with Gasteiger partial charge in [0.15, 0.2) is 0 Å². The minimum Gasteiger partial charge on any atom is -0.462 e. The van der Waals surface area contributed by atoms with Crippen LogP contribution >= 0.6 is 0 Å². The molecule has 1 aromatic carbocycles. The lowest BCUT2D eigenvalue weighted by molar-refractivity contribution is -0.138. The lowest BCUT2D eigenvalue weighted by Gasteiger charge is -2.05. The highest BCUT2D eigenvalue weighted by Gasteiger charge is 2.12. The van der Waals surface area contributed by atoms with Gasteiger partial charge in [0.1, 0.15) is 23.2 Å². The second-order valence-corrected chi connectivity index (χ2v) is 8.97. The molecule has 0 N–H and O–H groups in total. The Hall–Kier alpha value is -2.80. The smallest absolute Gasteiger partial charge is 0.349 e. The van der Waals surface area contributed by atoms with E-state index in [1.165, 1.54) is 83.1 Å². The summed E-state index contributed by atoms with van der Waals surface area (Å²) in [4.78, 5) is 12.2. The first kappa shape index (κ1) is 27.4. The third-order valence-electron chi connectivity index (χ3n) is 6.04. The van der Waals surface area contributed by atoms with Gasteiger partial charge in [-0.05, 0) is 18.6 Å². The molecule has 1 aromatic heterocycles. The third-order valence-corrected chi connectivity index (χ3v) is 6.04. The molecule has 0 saturated carbocycles. The zero-order valence-corrected chi connectivity index (χ0v) is 20.9. The Morgan fingerprint density at radius 1 is 0.824 bits per heavy atom. The Morgan fingerprint density at radius 2 is 1.38 bits per heavy atom. The van der Waals surface area contributed by atoms with Crippen molar-refractivity contribution in [3.05, 3.63) is 53.8 Å². The normalized spacial score (nSPS) is 11.4. The molecule has 2 aromatic rings. The van der Waals surface area contributed by atoms with Crippen molar-refractivity contribution in [3.63, 3.8) is 0 Å². The van der Waals surface area contributed by atoms with E-state index in [9.17, 15) is 10.1 Å². The predicted octanol–water partition coefficient (Wildman–Crippen LogP) is 8.88. The average molecular weight is 464 g/mol. The second-order valence-electron chi connectivity index (χ2n) is 8.97. The van der Waals surface area contributed by atoms with Crippen molar-refractivity contribution in [2.24, 2.45) is 0 Å². The molecule has 0 unspecified atom stereocenters. The molecule has 0 amide bonds. The molecule has 0 bridgehead atoms. The van der Waals surface area contributed by atoms with Crippen LogP contribution in [0.2, 0.25) is 0 Å². The Balaban J connectivity index is 1.53. The van der Waals surface area contributed by atoms with Crippen LogP contribution in [0.1, 0.15) is 103 Å². The van der Waals surface area contributed by atoms with Crippen molar-refractivity contribution in [2.75, 3.05) is 6.61 Å². The Kier molecular flexibility index (Phi) is 14.2. The Bertz CT molecular complexity index is 876. The molecule has 184 valence electrons. The molecule has 0 radical (unpaired) electrons. The van der Waals surface area contributed by atoms with Crippen LogP contribution in [0.4, 0.5) is 0 Å². The third kappa shape index (κ3) is 11.4. The predicted molar refractivity (Wildman–Crippen MR) is 139 cm³/mol. The van der Waals surface area contributed by atoms with Gasteiger partial charge in [-0.2, -0.15) is 5.26 Å². The number of hydrogen-bond acceptors (Lipinski definition) is 4. The van der Waals surface area contributed by atoms with Crippen molar-refractivity contribution in [1.29, 1.82) is 5.26 Å². The lowest BCUT2D eigenvalue weighted by atomic mass is 10.0. The van der Waals surface area contributed by atoms with E-state index in [1.54, 1.807) is 6.07 Å². The van der Waals surface area contributed by atoms with Crippen LogP contribution in [0.15, 0.2) is 52.5 Å². The van der Waals surface area contributed by atoms with E-state index in [4.69, 9.17) is 9.15 Å². The van der Waals surface area contributed by atoms with E-state index in [-0.39, 0.29) is 5.57 Å². The molecule has 0 spiro atoms. The summed E-state index contributed by atoms with van der Waals surface area (Å²) in [5.41, 5.74) is 0.903. The first-order chi connectivity index (χ1) is 16.7. The van der Waals surface area contributed by atoms with Crippen molar-refractivity contribution in [3.8, 4) is 17.4 Å². The maximum Gasteiger partial charge on any atom is 0.349 e. The zero-order valence-electron chi connectivity index (χ0n) is 20.9. The quantitative estimate of drug-likeness (QED) is 0.0958. The number of ether oxygens (including phenoxy) is 1. The number of nitrogens with zero attached hydrogens (tertiary/aromatic N) is 1. The van der Waals surface area contributed by atoms with Crippen molar-refractivity contribution in [2.45, 2.75) is 96.8 Å². The van der Waals surface area contributed by atoms with E-state index in [2.05, 4.69) is 6.92 Å². The fourth-order valence-corrected chi connectivity index (χ4v) is 4.01. The molecular formula is C30H41NO3. The molecule has 0 aliphatic rings. The first-order valence-electron chi connectivity index (χ1n) is 13.2. The highest BCUT2D eigenvalue weighted by Crippen LogP contribution is 2.23. The first-order valence-corrected chi connectivity index (χ1v) is 13.2. The van der Waals surface area contributed by atoms with Gasteiger partial charge in [0.25, 0.3) is 0 Å². The number of furan rings is 1. The summed E-state index contributed by atoms with van der Waals surface area (Å²) >= 11 is 0. The minimum absolute atomic E-state index is 0.0423. The summed E-state index contributed by atoms with van der Waals surface area (Å²) in [5, 5.41) is 9.35. The maximum atomic E-state index is 12.2. The van der Waals surface area contributed by atoms with Crippen molar-refractivity contribution in [1.82, 2.24) is 0 Å². The van der Waals surface area contributed by atoms with Crippen molar-refractivity contribution >= 4 is 12.0 Å². The van der Waals surface area contributed by atoms with E-state index < -0.39 is 5.97 Å². The molecule has 4 heteroatoms. The number of rotatable bonds is 18. The van der Waals surface area contributed by atoms with E-state index in [0.717, 1.165) is 18.4 Å². The van der Waals surface area contributed by atoms with E-state index in [0.29, 0.717) is 18.1 Å². The summed E-state index contributed by atoms with van der Waals surface area (Å²) in [5.74, 6) is 0.568. The molecule has 4 nitrogen and oxygen atoms in total. The molecule has 34 heavy (non-hydrogen) atoms. The lowest BCUT2D eigenvalue weighted by Crippen LogP contribution is -2.07. The van der Waals surface area contributed by atoms with E-state index >= 15 is 0 Å². The van der Waals surface area contributed by atoms with E-state index in [1.807, 2.05) is 42.5 Å². The number of nitriles is 1. The fourth-order valence-electron chi connectivity index (χ4n) is 4.01. The molecular weight excluding hydrogens is 422 g/mol. The van der Waals surface area contributed by atoms with Gasteiger partial charge in [-0.3, -0.25) is 0 Å². The van der Waals surface area contributed by atoms with Crippen LogP contribution in [0.3, 0.4) is 0 Å². The van der Waals surface area contributed by atoms with Gasteiger partial charge < -0.3 is 9.15 Å². The summed E-state index contributed by atoms with van der Waals surface area (Å²) in [6.07, 6.45) is 19.4. The van der Waals surface area contributed by atoms with Crippen molar-refractivity contribution < 1.29 is 13.9 Å². The van der Waals surface area contributed by atoms with Gasteiger partial charge in [-0.15, -0.1) is 0 Å². The number of hydrogen-bond donors (Lipinski definition) is 0. The van der Waals surface area contributed by atoms with Gasteiger partial charge in [-0.1, -0.05) is 121 Å². The number of benzene rings is 1. The highest BCUT2D eigenvalue weighted by molar-refractivity contribution is 5.97. The Labute approximate surface area is 206 Å². The minimum atomic E-state index is -0.588. The van der Waals surface area contributed by atoms with Crippen LogP contribution in [0, 0.1) is 11.3 Å². The second kappa shape index (κ2) is 17.6. The van der Waals surface area contributed by atoms with Gasteiger partial charge in [0.2, 0.25) is 0 Å². The van der Waals surface area contributed by atoms with Gasteiger partial charge >= 0.3 is 5.97 Å². The van der Waals surface area contributed by atoms with Crippen LogP contribution in [-0.4, -0.2) is 12.6 Å². The topological polar surface area (TPSA) is 63.2 Å². The van der Waals surface area contributed by atoms with Crippen LogP contribution in [-0.2, 0) is 9.53 Å². The standard InChI is InChI=1S/C30H41NO3/c1-2-3-4-5-6-7-8-9-10-11-12-13-14-18-23-33-30(32)27(25-31)24-28-21-22-29(34-28)26-19-16-15-17-20-26/h15-17,19-22,24H,2-14,18,23H2,1H3. The number of carbonyl (C=O) groups excluding carboxylic acids is 1. The fraction of sp³-hybridized carbons (Fsp3) is 0.533. The van der Waals surface area contributed by atoms with Gasteiger partial charge in [-0.25, -0.2) is 4.79 Å². The summed E-state index contributed by atoms with van der Waals surface area (Å²) in [6, 6.07) is 15.2. The summed E-state index contributed by atoms with van der Waals surface area (Å²) in [6.45, 7) is 2.61. The number of carbonyl (C=O) groups is 1. The molecule has 0 saturated heterocycles.